The van der Waals surface area contributed by atoms with E-state index in [1.54, 1.807) is 12.1 Å². The Morgan fingerprint density at radius 1 is 1.13 bits per heavy atom. The molecule has 0 aliphatic rings. The molecule has 0 atom stereocenters. The Balaban J connectivity index is 1.90. The van der Waals surface area contributed by atoms with Crippen LogP contribution in [0.1, 0.15) is 36.0 Å². The number of carbonyl (C=O) groups excluding carboxylic acids is 1. The van der Waals surface area contributed by atoms with Gasteiger partial charge in [0, 0.05) is 22.3 Å². The number of ether oxygens (including phenoxy) is 1. The van der Waals surface area contributed by atoms with Gasteiger partial charge in [-0.05, 0) is 42.5 Å². The summed E-state index contributed by atoms with van der Waals surface area (Å²) in [5.41, 5.74) is 0.736. The molecule has 1 aromatic heterocycles. The first-order valence-electron chi connectivity index (χ1n) is 8.92. The normalized spacial score (nSPS) is 11.4. The Hall–Kier alpha value is -3.04. The molecule has 30 heavy (non-hydrogen) atoms. The van der Waals surface area contributed by atoms with Crippen LogP contribution >= 0.6 is 11.6 Å². The molecule has 0 aliphatic heterocycles. The third-order valence-electron chi connectivity index (χ3n) is 4.14. The van der Waals surface area contributed by atoms with Gasteiger partial charge in [0.05, 0.1) is 7.11 Å². The first-order chi connectivity index (χ1) is 14.2. The van der Waals surface area contributed by atoms with Crippen LogP contribution < -0.4 is 14.8 Å². The number of aromatic nitrogens is 1. The highest BCUT2D eigenvalue weighted by Gasteiger charge is 2.23. The molecule has 0 aliphatic carbocycles. The van der Waals surface area contributed by atoms with Gasteiger partial charge >= 0.3 is 0 Å². The van der Waals surface area contributed by atoms with E-state index < -0.39 is 15.9 Å². The molecular formula is C20H20ClN3O5S. The lowest BCUT2D eigenvalue weighted by Crippen LogP contribution is -2.17. The number of rotatable bonds is 7. The predicted octanol–water partition coefficient (Wildman–Crippen LogP) is 4.51. The van der Waals surface area contributed by atoms with Gasteiger partial charge in [0.2, 0.25) is 0 Å². The van der Waals surface area contributed by atoms with E-state index in [4.69, 9.17) is 20.8 Å². The average molecular weight is 450 g/mol. The van der Waals surface area contributed by atoms with Gasteiger partial charge in [-0.15, -0.1) is 0 Å². The fraction of sp³-hybridized carbons (Fsp3) is 0.200. The van der Waals surface area contributed by atoms with Crippen molar-refractivity contribution in [1.29, 1.82) is 0 Å². The summed E-state index contributed by atoms with van der Waals surface area (Å²) in [6.07, 6.45) is 1.20. The summed E-state index contributed by atoms with van der Waals surface area (Å²) in [5, 5.41) is 3.13. The number of amides is 1. The van der Waals surface area contributed by atoms with E-state index in [2.05, 4.69) is 15.0 Å². The average Bonchev–Trinajstić information content (AvgIpc) is 3.20. The lowest BCUT2D eigenvalue weighted by molar-refractivity contribution is 0.102. The van der Waals surface area contributed by atoms with Crippen LogP contribution in [0.5, 0.6) is 5.75 Å². The highest BCUT2D eigenvalue weighted by molar-refractivity contribution is 7.92. The monoisotopic (exact) mass is 449 g/mol. The summed E-state index contributed by atoms with van der Waals surface area (Å²) >= 11 is 5.84. The molecule has 3 rings (SSSR count). The Kier molecular flexibility index (Phi) is 6.33. The summed E-state index contributed by atoms with van der Waals surface area (Å²) in [5.74, 6) is 0.0206. The highest BCUT2D eigenvalue weighted by Crippen LogP contribution is 2.30. The SMILES string of the molecule is COc1ccc(NC(=O)c2ncoc2C(C)C)cc1S(=O)(=O)Nc1ccc(Cl)cc1. The number of nitrogens with zero attached hydrogens (tertiary/aromatic N) is 1. The topological polar surface area (TPSA) is 111 Å². The van der Waals surface area contributed by atoms with E-state index in [1.165, 1.54) is 43.8 Å². The minimum atomic E-state index is -4.01. The maximum Gasteiger partial charge on any atom is 0.277 e. The third kappa shape index (κ3) is 4.74. The minimum absolute atomic E-state index is 0.0383. The zero-order valence-corrected chi connectivity index (χ0v) is 18.0. The summed E-state index contributed by atoms with van der Waals surface area (Å²) in [6.45, 7) is 3.75. The van der Waals surface area contributed by atoms with E-state index in [9.17, 15) is 13.2 Å². The van der Waals surface area contributed by atoms with Crippen LogP contribution in [-0.4, -0.2) is 26.4 Å². The van der Waals surface area contributed by atoms with E-state index in [1.807, 2.05) is 13.8 Å². The molecule has 0 saturated carbocycles. The molecular weight excluding hydrogens is 430 g/mol. The largest absolute Gasteiger partial charge is 0.495 e. The molecule has 3 aromatic rings. The van der Waals surface area contributed by atoms with Crippen LogP contribution in [0.4, 0.5) is 11.4 Å². The molecule has 2 aromatic carbocycles. The van der Waals surface area contributed by atoms with Crippen LogP contribution in [0, 0.1) is 0 Å². The maximum atomic E-state index is 12.9. The molecule has 8 nitrogen and oxygen atoms in total. The molecule has 1 heterocycles. The number of carbonyl (C=O) groups is 1. The Labute approximate surface area is 179 Å². The Morgan fingerprint density at radius 2 is 1.80 bits per heavy atom. The number of halogens is 1. The van der Waals surface area contributed by atoms with E-state index >= 15 is 0 Å². The lowest BCUT2D eigenvalue weighted by Gasteiger charge is -2.14. The summed E-state index contributed by atoms with van der Waals surface area (Å²) in [7, 11) is -2.65. The fourth-order valence-electron chi connectivity index (χ4n) is 2.72. The second-order valence-electron chi connectivity index (χ2n) is 6.65. The molecule has 0 fully saturated rings. The van der Waals surface area contributed by atoms with Crippen LogP contribution in [-0.2, 0) is 10.0 Å². The van der Waals surface area contributed by atoms with E-state index in [0.717, 1.165) is 0 Å². The number of sulfonamides is 1. The van der Waals surface area contributed by atoms with Gasteiger partial charge in [0.1, 0.15) is 16.4 Å². The molecule has 10 heteroatoms. The molecule has 0 radical (unpaired) electrons. The summed E-state index contributed by atoms with van der Waals surface area (Å²) in [6, 6.07) is 10.5. The molecule has 2 N–H and O–H groups in total. The van der Waals surface area contributed by atoms with Crippen LogP contribution in [0.25, 0.3) is 0 Å². The van der Waals surface area contributed by atoms with E-state index in [-0.39, 0.29) is 27.9 Å². The summed E-state index contributed by atoms with van der Waals surface area (Å²) < 4.78 is 38.7. The van der Waals surface area contributed by atoms with Gasteiger partial charge in [-0.1, -0.05) is 25.4 Å². The molecule has 1 amide bonds. The molecule has 158 valence electrons. The highest BCUT2D eigenvalue weighted by atomic mass is 35.5. The van der Waals surface area contributed by atoms with Crippen molar-refractivity contribution in [3.8, 4) is 5.75 Å². The van der Waals surface area contributed by atoms with Gasteiger partial charge in [-0.25, -0.2) is 13.4 Å². The second kappa shape index (κ2) is 8.76. The van der Waals surface area contributed by atoms with Crippen LogP contribution in [0.15, 0.2) is 58.2 Å². The van der Waals surface area contributed by atoms with Gasteiger partial charge in [-0.2, -0.15) is 0 Å². The van der Waals surface area contributed by atoms with E-state index in [0.29, 0.717) is 16.5 Å². The van der Waals surface area contributed by atoms with Gasteiger partial charge in [0.15, 0.2) is 12.1 Å². The van der Waals surface area contributed by atoms with Gasteiger partial charge in [0.25, 0.3) is 15.9 Å². The zero-order chi connectivity index (χ0) is 21.9. The number of hydrogen-bond donors (Lipinski definition) is 2. The molecule has 0 spiro atoms. The van der Waals surface area contributed by atoms with Crippen LogP contribution in [0.2, 0.25) is 5.02 Å². The lowest BCUT2D eigenvalue weighted by atomic mass is 10.1. The number of oxazole rings is 1. The Bertz CT molecular complexity index is 1160. The van der Waals surface area contributed by atoms with Crippen molar-refractivity contribution in [2.24, 2.45) is 0 Å². The number of methoxy groups -OCH3 is 1. The standard InChI is InChI=1S/C20H20ClN3O5S/c1-12(2)19-18(22-11-29-19)20(25)23-15-8-9-16(28-3)17(10-15)30(26,27)24-14-6-4-13(21)5-7-14/h4-12,24H,1-3H3,(H,23,25). The zero-order valence-electron chi connectivity index (χ0n) is 16.5. The molecule has 0 saturated heterocycles. The quantitative estimate of drug-likeness (QED) is 0.549. The van der Waals surface area contributed by atoms with Gasteiger partial charge < -0.3 is 14.5 Å². The first-order valence-corrected chi connectivity index (χ1v) is 10.8. The van der Waals surface area contributed by atoms with Crippen molar-refractivity contribution in [3.63, 3.8) is 0 Å². The van der Waals surface area contributed by atoms with Crippen molar-refractivity contribution in [3.05, 3.63) is 65.3 Å². The fourth-order valence-corrected chi connectivity index (χ4v) is 4.10. The number of benzene rings is 2. The molecule has 0 bridgehead atoms. The first kappa shape index (κ1) is 21.7. The third-order valence-corrected chi connectivity index (χ3v) is 5.80. The van der Waals surface area contributed by atoms with Crippen molar-refractivity contribution in [2.75, 3.05) is 17.1 Å². The van der Waals surface area contributed by atoms with Crippen molar-refractivity contribution in [1.82, 2.24) is 4.98 Å². The van der Waals surface area contributed by atoms with Gasteiger partial charge in [-0.3, -0.25) is 9.52 Å². The number of anilines is 2. The van der Waals surface area contributed by atoms with Crippen molar-refractivity contribution < 1.29 is 22.4 Å². The number of hydrogen-bond acceptors (Lipinski definition) is 6. The number of nitrogens with one attached hydrogen (secondary N) is 2. The predicted molar refractivity (Wildman–Crippen MR) is 114 cm³/mol. The minimum Gasteiger partial charge on any atom is -0.495 e. The second-order valence-corrected chi connectivity index (χ2v) is 8.74. The summed E-state index contributed by atoms with van der Waals surface area (Å²) in [4.78, 5) is 16.4. The van der Waals surface area contributed by atoms with Crippen molar-refractivity contribution >= 4 is 38.9 Å². The molecule has 0 unspecified atom stereocenters. The maximum absolute atomic E-state index is 12.9. The van der Waals surface area contributed by atoms with Crippen LogP contribution in [0.3, 0.4) is 0 Å². The smallest absolute Gasteiger partial charge is 0.277 e. The van der Waals surface area contributed by atoms with Crippen molar-refractivity contribution in [2.45, 2.75) is 24.7 Å². The Morgan fingerprint density at radius 3 is 2.43 bits per heavy atom.